The lowest BCUT2D eigenvalue weighted by molar-refractivity contribution is -0.118. The third-order valence-corrected chi connectivity index (χ3v) is 3.19. The van der Waals surface area contributed by atoms with Gasteiger partial charge in [0.1, 0.15) is 11.6 Å². The molecular weight excluding hydrogens is 252 g/mol. The summed E-state index contributed by atoms with van der Waals surface area (Å²) >= 11 is 0. The summed E-state index contributed by atoms with van der Waals surface area (Å²) in [6.45, 7) is 4.61. The van der Waals surface area contributed by atoms with Gasteiger partial charge in [-0.05, 0) is 19.1 Å². The largest absolute Gasteiger partial charge is 0.322 e. The second kappa shape index (κ2) is 6.08. The van der Waals surface area contributed by atoms with Gasteiger partial charge >= 0.3 is 0 Å². The number of carbonyl (C=O) groups is 1. The second-order valence-corrected chi connectivity index (χ2v) is 4.70. The molecule has 1 aliphatic rings. The number of carbonyl (C=O) groups excluding carboxylic acids is 1. The first-order chi connectivity index (χ1) is 9.06. The van der Waals surface area contributed by atoms with Crippen LogP contribution in [-0.4, -0.2) is 43.0 Å². The molecule has 0 saturated carbocycles. The molecule has 4 nitrogen and oxygen atoms in total. The molecule has 1 aliphatic heterocycles. The van der Waals surface area contributed by atoms with Crippen LogP contribution in [0, 0.1) is 11.6 Å². The number of nitrogens with one attached hydrogen (secondary N) is 2. The van der Waals surface area contributed by atoms with Crippen LogP contribution in [0.25, 0.3) is 0 Å². The summed E-state index contributed by atoms with van der Waals surface area (Å²) in [6.07, 6.45) is 0. The average molecular weight is 269 g/mol. The minimum atomic E-state index is -0.636. The Morgan fingerprint density at radius 3 is 3.05 bits per heavy atom. The van der Waals surface area contributed by atoms with Gasteiger partial charge < -0.3 is 10.6 Å². The van der Waals surface area contributed by atoms with Gasteiger partial charge in [0, 0.05) is 31.7 Å². The van der Waals surface area contributed by atoms with Crippen molar-refractivity contribution in [1.82, 2.24) is 10.2 Å². The van der Waals surface area contributed by atoms with Crippen molar-refractivity contribution >= 4 is 11.6 Å². The normalized spacial score (nSPS) is 20.3. The van der Waals surface area contributed by atoms with E-state index in [0.717, 1.165) is 37.8 Å². The third kappa shape index (κ3) is 3.71. The summed E-state index contributed by atoms with van der Waals surface area (Å²) in [7, 11) is 0. The molecule has 1 saturated heterocycles. The van der Waals surface area contributed by atoms with E-state index in [2.05, 4.69) is 10.6 Å². The van der Waals surface area contributed by atoms with Crippen LogP contribution in [-0.2, 0) is 4.79 Å². The number of piperazine rings is 1. The molecule has 0 aliphatic carbocycles. The fourth-order valence-corrected chi connectivity index (χ4v) is 2.09. The molecule has 1 aromatic carbocycles. The SMILES string of the molecule is C[C@H]1CNCCN1CC(=O)Nc1cc(F)ccc1F. The van der Waals surface area contributed by atoms with Crippen LogP contribution in [0.2, 0.25) is 0 Å². The Kier molecular flexibility index (Phi) is 4.44. The smallest absolute Gasteiger partial charge is 0.238 e. The average Bonchev–Trinajstić information content (AvgIpc) is 2.37. The molecule has 0 radical (unpaired) electrons. The number of hydrogen-bond donors (Lipinski definition) is 2. The molecule has 1 atom stereocenters. The molecule has 104 valence electrons. The van der Waals surface area contributed by atoms with Crippen molar-refractivity contribution in [2.45, 2.75) is 13.0 Å². The molecule has 0 bridgehead atoms. The summed E-state index contributed by atoms with van der Waals surface area (Å²) in [6, 6.07) is 3.24. The zero-order valence-corrected chi connectivity index (χ0v) is 10.7. The molecule has 0 spiro atoms. The topological polar surface area (TPSA) is 44.4 Å². The molecule has 2 N–H and O–H groups in total. The lowest BCUT2D eigenvalue weighted by atomic mass is 10.2. The van der Waals surface area contributed by atoms with E-state index in [0.29, 0.717) is 0 Å². The zero-order valence-electron chi connectivity index (χ0n) is 10.7. The van der Waals surface area contributed by atoms with E-state index >= 15 is 0 Å². The van der Waals surface area contributed by atoms with E-state index in [1.54, 1.807) is 0 Å². The first-order valence-electron chi connectivity index (χ1n) is 6.26. The lowest BCUT2D eigenvalue weighted by Gasteiger charge is -2.33. The molecule has 1 heterocycles. The fourth-order valence-electron chi connectivity index (χ4n) is 2.09. The Labute approximate surface area is 110 Å². The van der Waals surface area contributed by atoms with Crippen LogP contribution < -0.4 is 10.6 Å². The highest BCUT2D eigenvalue weighted by Crippen LogP contribution is 2.15. The molecule has 0 unspecified atom stereocenters. The molecule has 1 fully saturated rings. The minimum Gasteiger partial charge on any atom is -0.322 e. The van der Waals surface area contributed by atoms with Gasteiger partial charge in [0.25, 0.3) is 0 Å². The number of benzene rings is 1. The van der Waals surface area contributed by atoms with E-state index in [4.69, 9.17) is 0 Å². The summed E-state index contributed by atoms with van der Waals surface area (Å²) in [5.41, 5.74) is -0.118. The standard InChI is InChI=1S/C13H17F2N3O/c1-9-7-16-4-5-18(9)8-13(19)17-12-6-10(14)2-3-11(12)15/h2-3,6,9,16H,4-5,7-8H2,1H3,(H,17,19)/t9-/m0/s1. The number of rotatable bonds is 3. The molecule has 0 aromatic heterocycles. The lowest BCUT2D eigenvalue weighted by Crippen LogP contribution is -2.52. The number of hydrogen-bond acceptors (Lipinski definition) is 3. The Hall–Kier alpha value is -1.53. The van der Waals surface area contributed by atoms with Crippen molar-refractivity contribution in [3.63, 3.8) is 0 Å². The molecular formula is C13H17F2N3O. The van der Waals surface area contributed by atoms with Crippen molar-refractivity contribution in [3.05, 3.63) is 29.8 Å². The van der Waals surface area contributed by atoms with Gasteiger partial charge in [-0.15, -0.1) is 0 Å². The first kappa shape index (κ1) is 13.9. The van der Waals surface area contributed by atoms with Crippen molar-refractivity contribution in [2.75, 3.05) is 31.5 Å². The van der Waals surface area contributed by atoms with Crippen LogP contribution in [0.5, 0.6) is 0 Å². The van der Waals surface area contributed by atoms with Crippen molar-refractivity contribution in [1.29, 1.82) is 0 Å². The van der Waals surface area contributed by atoms with Crippen molar-refractivity contribution < 1.29 is 13.6 Å². The van der Waals surface area contributed by atoms with Gasteiger partial charge in [0.2, 0.25) is 5.91 Å². The Morgan fingerprint density at radius 1 is 1.53 bits per heavy atom. The second-order valence-electron chi connectivity index (χ2n) is 4.70. The summed E-state index contributed by atoms with van der Waals surface area (Å²) in [5.74, 6) is -1.55. The van der Waals surface area contributed by atoms with Crippen LogP contribution in [0.15, 0.2) is 18.2 Å². The summed E-state index contributed by atoms with van der Waals surface area (Å²) < 4.78 is 26.4. The number of nitrogens with zero attached hydrogens (tertiary/aromatic N) is 1. The van der Waals surface area contributed by atoms with Crippen molar-refractivity contribution in [3.8, 4) is 0 Å². The number of anilines is 1. The Balaban J connectivity index is 1.95. The van der Waals surface area contributed by atoms with Crippen LogP contribution in [0.3, 0.4) is 0 Å². The minimum absolute atomic E-state index is 0.118. The van der Waals surface area contributed by atoms with E-state index < -0.39 is 11.6 Å². The molecule has 6 heteroatoms. The third-order valence-electron chi connectivity index (χ3n) is 3.19. The zero-order chi connectivity index (χ0) is 13.8. The molecule has 2 rings (SSSR count). The summed E-state index contributed by atoms with van der Waals surface area (Å²) in [4.78, 5) is 13.8. The monoisotopic (exact) mass is 269 g/mol. The van der Waals surface area contributed by atoms with Crippen LogP contribution in [0.1, 0.15) is 6.92 Å². The number of halogens is 2. The highest BCUT2D eigenvalue weighted by atomic mass is 19.1. The molecule has 1 aromatic rings. The van der Waals surface area contributed by atoms with Crippen LogP contribution >= 0.6 is 0 Å². The highest BCUT2D eigenvalue weighted by Gasteiger charge is 2.20. The van der Waals surface area contributed by atoms with Gasteiger partial charge in [-0.25, -0.2) is 8.78 Å². The van der Waals surface area contributed by atoms with Gasteiger partial charge in [-0.2, -0.15) is 0 Å². The molecule has 1 amide bonds. The first-order valence-corrected chi connectivity index (χ1v) is 6.26. The maximum absolute atomic E-state index is 13.4. The van der Waals surface area contributed by atoms with Crippen LogP contribution in [0.4, 0.5) is 14.5 Å². The van der Waals surface area contributed by atoms with Gasteiger partial charge in [-0.3, -0.25) is 9.69 Å². The Bertz CT molecular complexity index is 467. The van der Waals surface area contributed by atoms with Gasteiger partial charge in [0.05, 0.1) is 12.2 Å². The predicted molar refractivity (Wildman–Crippen MR) is 68.9 cm³/mol. The fraction of sp³-hybridized carbons (Fsp3) is 0.462. The van der Waals surface area contributed by atoms with Crippen molar-refractivity contribution in [2.24, 2.45) is 0 Å². The summed E-state index contributed by atoms with van der Waals surface area (Å²) in [5, 5.41) is 5.62. The van der Waals surface area contributed by atoms with Gasteiger partial charge in [0.15, 0.2) is 0 Å². The van der Waals surface area contributed by atoms with E-state index in [1.807, 2.05) is 11.8 Å². The van der Waals surface area contributed by atoms with E-state index in [-0.39, 0.29) is 24.2 Å². The quantitative estimate of drug-likeness (QED) is 0.866. The Morgan fingerprint density at radius 2 is 2.32 bits per heavy atom. The van der Waals surface area contributed by atoms with E-state index in [9.17, 15) is 13.6 Å². The maximum Gasteiger partial charge on any atom is 0.238 e. The maximum atomic E-state index is 13.4. The number of amides is 1. The highest BCUT2D eigenvalue weighted by molar-refractivity contribution is 5.92. The predicted octanol–water partition coefficient (Wildman–Crippen LogP) is 1.20. The molecule has 19 heavy (non-hydrogen) atoms. The van der Waals surface area contributed by atoms with E-state index in [1.165, 1.54) is 0 Å². The van der Waals surface area contributed by atoms with Gasteiger partial charge in [-0.1, -0.05) is 0 Å².